The number of fused-ring (bicyclic) bond motifs is 1. The van der Waals surface area contributed by atoms with Crippen molar-refractivity contribution in [3.05, 3.63) is 29.6 Å². The highest BCUT2D eigenvalue weighted by Crippen LogP contribution is 2.21. The summed E-state index contributed by atoms with van der Waals surface area (Å²) in [7, 11) is 0. The van der Waals surface area contributed by atoms with Crippen LogP contribution in [0.4, 0.5) is 0 Å². The molecule has 3 rings (SSSR count). The van der Waals surface area contributed by atoms with Crippen molar-refractivity contribution < 1.29 is 0 Å². The first-order chi connectivity index (χ1) is 9.28. The van der Waals surface area contributed by atoms with Gasteiger partial charge in [-0.05, 0) is 63.4 Å². The molecule has 2 aromatic rings. The number of benzene rings is 1. The Morgan fingerprint density at radius 3 is 3.05 bits per heavy atom. The molecule has 102 valence electrons. The lowest BCUT2D eigenvalue weighted by Gasteiger charge is -2.09. The van der Waals surface area contributed by atoms with Crippen LogP contribution in [0.5, 0.6) is 0 Å². The Morgan fingerprint density at radius 1 is 1.42 bits per heavy atom. The van der Waals surface area contributed by atoms with Crippen molar-refractivity contribution in [1.29, 1.82) is 0 Å². The fourth-order valence-electron chi connectivity index (χ4n) is 3.13. The number of aryl methyl sites for hydroxylation is 3. The molecule has 1 aliphatic rings. The van der Waals surface area contributed by atoms with E-state index in [-0.39, 0.29) is 0 Å². The third-order valence-corrected chi connectivity index (χ3v) is 4.24. The van der Waals surface area contributed by atoms with E-state index < -0.39 is 0 Å². The molecule has 19 heavy (non-hydrogen) atoms. The Bertz CT molecular complexity index is 565. The molecule has 1 saturated heterocycles. The Morgan fingerprint density at radius 2 is 2.32 bits per heavy atom. The maximum Gasteiger partial charge on any atom is 0.109 e. The van der Waals surface area contributed by atoms with Crippen molar-refractivity contribution >= 4 is 11.0 Å². The minimum absolute atomic E-state index is 0.840. The van der Waals surface area contributed by atoms with Crippen LogP contribution in [0.15, 0.2) is 18.2 Å². The van der Waals surface area contributed by atoms with Gasteiger partial charge in [-0.3, -0.25) is 0 Å². The van der Waals surface area contributed by atoms with Gasteiger partial charge in [0.15, 0.2) is 0 Å². The van der Waals surface area contributed by atoms with Gasteiger partial charge in [0.1, 0.15) is 5.82 Å². The van der Waals surface area contributed by atoms with Crippen molar-refractivity contribution in [3.63, 3.8) is 0 Å². The van der Waals surface area contributed by atoms with Crippen LogP contribution in [0.2, 0.25) is 0 Å². The normalized spacial score (nSPS) is 19.4. The zero-order valence-corrected chi connectivity index (χ0v) is 11.9. The minimum atomic E-state index is 0.840. The Balaban J connectivity index is 1.84. The first-order valence-electron chi connectivity index (χ1n) is 7.44. The quantitative estimate of drug-likeness (QED) is 0.912. The van der Waals surface area contributed by atoms with Crippen LogP contribution in [0, 0.1) is 12.8 Å². The predicted molar refractivity (Wildman–Crippen MR) is 79.4 cm³/mol. The third-order valence-electron chi connectivity index (χ3n) is 4.24. The highest BCUT2D eigenvalue weighted by Gasteiger charge is 2.16. The fourth-order valence-corrected chi connectivity index (χ4v) is 3.13. The summed E-state index contributed by atoms with van der Waals surface area (Å²) in [4.78, 5) is 4.85. The Kier molecular flexibility index (Phi) is 3.56. The molecule has 1 N–H and O–H groups in total. The summed E-state index contributed by atoms with van der Waals surface area (Å²) in [5.41, 5.74) is 3.73. The van der Waals surface area contributed by atoms with Gasteiger partial charge >= 0.3 is 0 Å². The highest BCUT2D eigenvalue weighted by atomic mass is 15.1. The van der Waals surface area contributed by atoms with E-state index in [9.17, 15) is 0 Å². The summed E-state index contributed by atoms with van der Waals surface area (Å²) in [6, 6.07) is 6.59. The SMILES string of the molecule is CCn1c(CCC2CCNC2)nc2cc(C)ccc21. The average Bonchev–Trinajstić information content (AvgIpc) is 3.02. The third kappa shape index (κ3) is 2.52. The molecule has 1 aromatic heterocycles. The van der Waals surface area contributed by atoms with Gasteiger partial charge in [0, 0.05) is 13.0 Å². The standard InChI is InChI=1S/C16H23N3/c1-3-19-15-6-4-12(2)10-14(15)18-16(19)7-5-13-8-9-17-11-13/h4,6,10,13,17H,3,5,7-9,11H2,1-2H3. The predicted octanol–water partition coefficient (Wildman–Crippen LogP) is 2.91. The molecule has 1 unspecified atom stereocenters. The minimum Gasteiger partial charge on any atom is -0.328 e. The van der Waals surface area contributed by atoms with Crippen molar-refractivity contribution in [3.8, 4) is 0 Å². The second-order valence-electron chi connectivity index (χ2n) is 5.66. The van der Waals surface area contributed by atoms with E-state index in [1.54, 1.807) is 0 Å². The van der Waals surface area contributed by atoms with Crippen molar-refractivity contribution in [2.75, 3.05) is 13.1 Å². The number of hydrogen-bond acceptors (Lipinski definition) is 2. The van der Waals surface area contributed by atoms with Gasteiger partial charge in [-0.25, -0.2) is 4.98 Å². The first-order valence-corrected chi connectivity index (χ1v) is 7.44. The Labute approximate surface area is 115 Å². The molecular formula is C16H23N3. The van der Waals surface area contributed by atoms with E-state index >= 15 is 0 Å². The van der Waals surface area contributed by atoms with Gasteiger partial charge in [-0.2, -0.15) is 0 Å². The summed E-state index contributed by atoms with van der Waals surface area (Å²) in [5.74, 6) is 2.10. The highest BCUT2D eigenvalue weighted by molar-refractivity contribution is 5.76. The van der Waals surface area contributed by atoms with Crippen molar-refractivity contribution in [2.45, 2.75) is 39.7 Å². The van der Waals surface area contributed by atoms with Gasteiger partial charge < -0.3 is 9.88 Å². The van der Waals surface area contributed by atoms with E-state index in [0.717, 1.165) is 24.4 Å². The van der Waals surface area contributed by atoms with E-state index in [1.165, 1.54) is 42.8 Å². The van der Waals surface area contributed by atoms with Crippen LogP contribution in [0.25, 0.3) is 11.0 Å². The molecule has 3 nitrogen and oxygen atoms in total. The van der Waals surface area contributed by atoms with E-state index in [2.05, 4.69) is 41.9 Å². The van der Waals surface area contributed by atoms with Crippen LogP contribution in [0.3, 0.4) is 0 Å². The van der Waals surface area contributed by atoms with E-state index in [0.29, 0.717) is 0 Å². The largest absolute Gasteiger partial charge is 0.328 e. The molecule has 1 aromatic carbocycles. The molecular weight excluding hydrogens is 234 g/mol. The lowest BCUT2D eigenvalue weighted by atomic mass is 10.0. The molecule has 1 aliphatic heterocycles. The lowest BCUT2D eigenvalue weighted by molar-refractivity contribution is 0.516. The Hall–Kier alpha value is -1.35. The second kappa shape index (κ2) is 5.33. The van der Waals surface area contributed by atoms with Gasteiger partial charge in [0.25, 0.3) is 0 Å². The number of nitrogens with zero attached hydrogens (tertiary/aromatic N) is 2. The second-order valence-corrected chi connectivity index (χ2v) is 5.66. The van der Waals surface area contributed by atoms with Crippen LogP contribution in [-0.2, 0) is 13.0 Å². The van der Waals surface area contributed by atoms with Crippen molar-refractivity contribution in [2.24, 2.45) is 5.92 Å². The zero-order chi connectivity index (χ0) is 13.2. The van der Waals surface area contributed by atoms with Crippen LogP contribution < -0.4 is 5.32 Å². The molecule has 0 amide bonds. The monoisotopic (exact) mass is 257 g/mol. The number of hydrogen-bond donors (Lipinski definition) is 1. The summed E-state index contributed by atoms with van der Waals surface area (Å²) in [6.07, 6.45) is 3.69. The van der Waals surface area contributed by atoms with E-state index in [4.69, 9.17) is 4.98 Å². The van der Waals surface area contributed by atoms with Gasteiger partial charge in [0.05, 0.1) is 11.0 Å². The molecule has 3 heteroatoms. The molecule has 0 radical (unpaired) electrons. The lowest BCUT2D eigenvalue weighted by Crippen LogP contribution is -2.11. The number of rotatable bonds is 4. The van der Waals surface area contributed by atoms with Crippen LogP contribution >= 0.6 is 0 Å². The van der Waals surface area contributed by atoms with Gasteiger partial charge in [0.2, 0.25) is 0 Å². The van der Waals surface area contributed by atoms with Crippen LogP contribution in [-0.4, -0.2) is 22.6 Å². The fraction of sp³-hybridized carbons (Fsp3) is 0.562. The summed E-state index contributed by atoms with van der Waals surface area (Å²) in [5, 5.41) is 3.44. The molecule has 0 spiro atoms. The molecule has 2 heterocycles. The summed E-state index contributed by atoms with van der Waals surface area (Å²) in [6.45, 7) is 7.73. The molecule has 0 bridgehead atoms. The first kappa shape index (κ1) is 12.7. The summed E-state index contributed by atoms with van der Waals surface area (Å²) < 4.78 is 2.37. The van der Waals surface area contributed by atoms with E-state index in [1.807, 2.05) is 0 Å². The smallest absolute Gasteiger partial charge is 0.109 e. The van der Waals surface area contributed by atoms with Crippen molar-refractivity contribution in [1.82, 2.24) is 14.9 Å². The maximum atomic E-state index is 4.85. The number of imidazole rings is 1. The number of aromatic nitrogens is 2. The van der Waals surface area contributed by atoms with Crippen LogP contribution in [0.1, 0.15) is 31.2 Å². The molecule has 0 aliphatic carbocycles. The molecule has 1 fully saturated rings. The van der Waals surface area contributed by atoms with Gasteiger partial charge in [-0.15, -0.1) is 0 Å². The summed E-state index contributed by atoms with van der Waals surface area (Å²) >= 11 is 0. The zero-order valence-electron chi connectivity index (χ0n) is 11.9. The topological polar surface area (TPSA) is 29.9 Å². The maximum absolute atomic E-state index is 4.85. The molecule has 1 atom stereocenters. The molecule has 0 saturated carbocycles. The van der Waals surface area contributed by atoms with Gasteiger partial charge in [-0.1, -0.05) is 6.07 Å². The number of nitrogens with one attached hydrogen (secondary N) is 1. The average molecular weight is 257 g/mol.